The fraction of sp³-hybridized carbons (Fsp3) is 0.824. The van der Waals surface area contributed by atoms with Gasteiger partial charge in [-0.2, -0.15) is 0 Å². The van der Waals surface area contributed by atoms with E-state index in [4.69, 9.17) is 4.99 Å². The SMILES string of the molecule is CCNC(=NCC1CCCN(C(C)C)C1)NC1CC=CC1. The van der Waals surface area contributed by atoms with Gasteiger partial charge in [0.15, 0.2) is 5.96 Å². The van der Waals surface area contributed by atoms with Crippen molar-refractivity contribution in [3.63, 3.8) is 0 Å². The molecule has 0 spiro atoms. The van der Waals surface area contributed by atoms with Crippen molar-refractivity contribution in [3.8, 4) is 0 Å². The van der Waals surface area contributed by atoms with Crippen LogP contribution in [0.1, 0.15) is 46.5 Å². The van der Waals surface area contributed by atoms with Crippen LogP contribution in [0.5, 0.6) is 0 Å². The molecular weight excluding hydrogens is 260 g/mol. The second-order valence-corrected chi connectivity index (χ2v) is 6.60. The third kappa shape index (κ3) is 5.34. The third-order valence-electron chi connectivity index (χ3n) is 4.48. The number of nitrogens with zero attached hydrogens (tertiary/aromatic N) is 2. The van der Waals surface area contributed by atoms with Crippen molar-refractivity contribution in [2.24, 2.45) is 10.9 Å². The Morgan fingerprint density at radius 1 is 1.33 bits per heavy atom. The van der Waals surface area contributed by atoms with E-state index in [2.05, 4.69) is 48.5 Å². The normalized spacial score (nSPS) is 24.8. The first-order chi connectivity index (χ1) is 10.2. The van der Waals surface area contributed by atoms with Crippen LogP contribution < -0.4 is 10.6 Å². The molecule has 0 saturated carbocycles. The lowest BCUT2D eigenvalue weighted by Crippen LogP contribution is -2.44. The van der Waals surface area contributed by atoms with Crippen molar-refractivity contribution in [2.45, 2.75) is 58.5 Å². The summed E-state index contributed by atoms with van der Waals surface area (Å²) in [5, 5.41) is 6.93. The van der Waals surface area contributed by atoms with E-state index < -0.39 is 0 Å². The predicted molar refractivity (Wildman–Crippen MR) is 90.7 cm³/mol. The first-order valence-electron chi connectivity index (χ1n) is 8.63. The van der Waals surface area contributed by atoms with Crippen molar-refractivity contribution in [1.82, 2.24) is 15.5 Å². The number of rotatable bonds is 5. The van der Waals surface area contributed by atoms with Gasteiger partial charge in [0.2, 0.25) is 0 Å². The van der Waals surface area contributed by atoms with E-state index in [0.29, 0.717) is 18.0 Å². The van der Waals surface area contributed by atoms with Gasteiger partial charge in [0, 0.05) is 31.7 Å². The first kappa shape index (κ1) is 16.3. The zero-order chi connectivity index (χ0) is 15.1. The Labute approximate surface area is 130 Å². The summed E-state index contributed by atoms with van der Waals surface area (Å²) in [4.78, 5) is 7.42. The molecule has 1 aliphatic carbocycles. The minimum Gasteiger partial charge on any atom is -0.357 e. The van der Waals surface area contributed by atoms with Crippen molar-refractivity contribution in [1.29, 1.82) is 0 Å². The first-order valence-corrected chi connectivity index (χ1v) is 8.63. The smallest absolute Gasteiger partial charge is 0.191 e. The lowest BCUT2D eigenvalue weighted by atomic mass is 9.97. The minimum atomic E-state index is 0.529. The Kier molecular flexibility index (Phi) is 6.55. The molecule has 0 radical (unpaired) electrons. The van der Waals surface area contributed by atoms with Crippen LogP contribution in [0, 0.1) is 5.92 Å². The highest BCUT2D eigenvalue weighted by molar-refractivity contribution is 5.80. The molecule has 0 aromatic heterocycles. The Hall–Kier alpha value is -1.03. The summed E-state index contributed by atoms with van der Waals surface area (Å²) in [6, 6.07) is 1.19. The van der Waals surface area contributed by atoms with Gasteiger partial charge in [-0.25, -0.2) is 0 Å². The molecule has 4 heteroatoms. The van der Waals surface area contributed by atoms with Crippen LogP contribution >= 0.6 is 0 Å². The van der Waals surface area contributed by atoms with Crippen LogP contribution in [0.4, 0.5) is 0 Å². The molecule has 2 rings (SSSR count). The fourth-order valence-corrected chi connectivity index (χ4v) is 3.18. The standard InChI is InChI=1S/C17H32N4/c1-4-18-17(20-16-9-5-6-10-16)19-12-15-8-7-11-21(13-15)14(2)3/h5-6,14-16H,4,7-13H2,1-3H3,(H2,18,19,20). The maximum Gasteiger partial charge on any atom is 0.191 e. The average Bonchev–Trinajstić information content (AvgIpc) is 2.98. The summed E-state index contributed by atoms with van der Waals surface area (Å²) in [7, 11) is 0. The maximum absolute atomic E-state index is 4.83. The van der Waals surface area contributed by atoms with Crippen LogP contribution in [0.3, 0.4) is 0 Å². The van der Waals surface area contributed by atoms with Gasteiger partial charge < -0.3 is 15.5 Å². The van der Waals surface area contributed by atoms with Gasteiger partial charge in [-0.3, -0.25) is 4.99 Å². The number of aliphatic imine (C=N–C) groups is 1. The Bertz CT molecular complexity index is 354. The summed E-state index contributed by atoms with van der Waals surface area (Å²) in [6.07, 6.45) is 9.38. The molecule has 0 amide bonds. The van der Waals surface area contributed by atoms with Crippen molar-refractivity contribution < 1.29 is 0 Å². The van der Waals surface area contributed by atoms with E-state index in [-0.39, 0.29) is 0 Å². The number of hydrogen-bond acceptors (Lipinski definition) is 2. The van der Waals surface area contributed by atoms with E-state index >= 15 is 0 Å². The molecule has 1 saturated heterocycles. The summed E-state index contributed by atoms with van der Waals surface area (Å²) in [5.41, 5.74) is 0. The van der Waals surface area contributed by atoms with Crippen LogP contribution in [-0.4, -0.2) is 49.1 Å². The Morgan fingerprint density at radius 2 is 2.10 bits per heavy atom. The topological polar surface area (TPSA) is 39.7 Å². The number of likely N-dealkylation sites (tertiary alicyclic amines) is 1. The second-order valence-electron chi connectivity index (χ2n) is 6.60. The lowest BCUT2D eigenvalue weighted by molar-refractivity contribution is 0.143. The maximum atomic E-state index is 4.83. The molecule has 2 aliphatic rings. The van der Waals surface area contributed by atoms with Crippen molar-refractivity contribution >= 4 is 5.96 Å². The highest BCUT2D eigenvalue weighted by atomic mass is 15.2. The molecule has 0 aromatic rings. The molecule has 1 unspecified atom stereocenters. The highest BCUT2D eigenvalue weighted by Gasteiger charge is 2.21. The van der Waals surface area contributed by atoms with Crippen LogP contribution in [-0.2, 0) is 0 Å². The fourth-order valence-electron chi connectivity index (χ4n) is 3.18. The lowest BCUT2D eigenvalue weighted by Gasteiger charge is -2.34. The summed E-state index contributed by atoms with van der Waals surface area (Å²) in [6.45, 7) is 11.0. The minimum absolute atomic E-state index is 0.529. The third-order valence-corrected chi connectivity index (χ3v) is 4.48. The van der Waals surface area contributed by atoms with Gasteiger partial charge in [-0.05, 0) is 58.9 Å². The molecule has 4 nitrogen and oxygen atoms in total. The molecule has 1 heterocycles. The van der Waals surface area contributed by atoms with E-state index in [1.165, 1.54) is 25.9 Å². The monoisotopic (exact) mass is 292 g/mol. The van der Waals surface area contributed by atoms with E-state index in [1.54, 1.807) is 0 Å². The van der Waals surface area contributed by atoms with E-state index in [1.807, 2.05) is 0 Å². The molecule has 120 valence electrons. The van der Waals surface area contributed by atoms with E-state index in [9.17, 15) is 0 Å². The molecule has 1 fully saturated rings. The largest absolute Gasteiger partial charge is 0.357 e. The van der Waals surface area contributed by atoms with Crippen molar-refractivity contribution in [2.75, 3.05) is 26.2 Å². The van der Waals surface area contributed by atoms with E-state index in [0.717, 1.165) is 31.9 Å². The molecule has 21 heavy (non-hydrogen) atoms. The number of piperidine rings is 1. The quantitative estimate of drug-likeness (QED) is 0.464. The molecule has 1 aliphatic heterocycles. The van der Waals surface area contributed by atoms with Gasteiger partial charge in [-0.15, -0.1) is 0 Å². The summed E-state index contributed by atoms with van der Waals surface area (Å²) >= 11 is 0. The second kappa shape index (κ2) is 8.42. The van der Waals surface area contributed by atoms with Gasteiger partial charge in [0.05, 0.1) is 0 Å². The average molecular weight is 292 g/mol. The number of hydrogen-bond donors (Lipinski definition) is 2. The molecule has 0 aromatic carbocycles. The molecule has 1 atom stereocenters. The van der Waals surface area contributed by atoms with Gasteiger partial charge in [0.25, 0.3) is 0 Å². The molecular formula is C17H32N4. The summed E-state index contributed by atoms with van der Waals surface area (Å²) in [5.74, 6) is 1.70. The van der Waals surface area contributed by atoms with Gasteiger partial charge >= 0.3 is 0 Å². The van der Waals surface area contributed by atoms with Gasteiger partial charge in [-0.1, -0.05) is 12.2 Å². The van der Waals surface area contributed by atoms with Gasteiger partial charge in [0.1, 0.15) is 0 Å². The number of guanidine groups is 1. The molecule has 0 bridgehead atoms. The van der Waals surface area contributed by atoms with Crippen LogP contribution in [0.25, 0.3) is 0 Å². The zero-order valence-corrected chi connectivity index (χ0v) is 13.9. The zero-order valence-electron chi connectivity index (χ0n) is 13.9. The molecule has 2 N–H and O–H groups in total. The summed E-state index contributed by atoms with van der Waals surface area (Å²) < 4.78 is 0. The predicted octanol–water partition coefficient (Wildman–Crippen LogP) is 2.38. The highest BCUT2D eigenvalue weighted by Crippen LogP contribution is 2.18. The Morgan fingerprint density at radius 3 is 2.76 bits per heavy atom. The van der Waals surface area contributed by atoms with Crippen molar-refractivity contribution in [3.05, 3.63) is 12.2 Å². The number of nitrogens with one attached hydrogen (secondary N) is 2. The van der Waals surface area contributed by atoms with Crippen LogP contribution in [0.15, 0.2) is 17.1 Å². The van der Waals surface area contributed by atoms with Crippen LogP contribution in [0.2, 0.25) is 0 Å². The Balaban J connectivity index is 1.83.